The van der Waals surface area contributed by atoms with Crippen molar-refractivity contribution in [1.29, 1.82) is 0 Å². The summed E-state index contributed by atoms with van der Waals surface area (Å²) < 4.78 is 19.8. The second kappa shape index (κ2) is 2.72. The number of thioether (sulfide) groups is 1. The van der Waals surface area contributed by atoms with Crippen molar-refractivity contribution < 1.29 is 8.78 Å². The Morgan fingerprint density at radius 1 is 1.71 bits per heavy atom. The van der Waals surface area contributed by atoms with Gasteiger partial charge < -0.3 is 0 Å². The molecular weight excluding hydrogens is 142 g/mol. The lowest BCUT2D eigenvalue weighted by molar-refractivity contribution is 0.203. The van der Waals surface area contributed by atoms with Crippen LogP contribution in [0.1, 0.15) is 6.92 Å². The van der Waals surface area contributed by atoms with Gasteiger partial charge in [0.05, 0.1) is 0 Å². The fourth-order valence-electron chi connectivity index (χ4n) is 0.164. The van der Waals surface area contributed by atoms with Crippen molar-refractivity contribution in [2.45, 2.75) is 11.6 Å². The molecule has 0 nitrogen and oxygen atoms in total. The van der Waals surface area contributed by atoms with Gasteiger partial charge in [-0.05, 0) is 17.4 Å². The average molecular weight is 147 g/mol. The summed E-state index contributed by atoms with van der Waals surface area (Å²) in [7, 11) is 0. The highest BCUT2D eigenvalue weighted by atomic mass is 35.5. The highest BCUT2D eigenvalue weighted by Gasteiger charge is 2.23. The van der Waals surface area contributed by atoms with Gasteiger partial charge in [-0.3, -0.25) is 0 Å². The summed E-state index contributed by atoms with van der Waals surface area (Å²) in [4.78, 5) is 0. The van der Waals surface area contributed by atoms with E-state index in [4.69, 9.17) is 0 Å². The molecule has 7 heavy (non-hydrogen) atoms. The maximum atomic E-state index is 11.5. The molecule has 0 bridgehead atoms. The van der Waals surface area contributed by atoms with Crippen LogP contribution in [0.2, 0.25) is 0 Å². The Morgan fingerprint density at radius 3 is 2.14 bits per heavy atom. The van der Waals surface area contributed by atoms with Crippen molar-refractivity contribution >= 4 is 23.4 Å². The van der Waals surface area contributed by atoms with Crippen LogP contribution in [-0.4, -0.2) is 10.5 Å². The Labute approximate surface area is 50.2 Å². The van der Waals surface area contributed by atoms with Crippen LogP contribution in [-0.2, 0) is 0 Å². The molecule has 0 aliphatic heterocycles. The number of alkyl halides is 3. The molecule has 0 saturated heterocycles. The first-order valence-electron chi connectivity index (χ1n) is 1.77. The van der Waals surface area contributed by atoms with E-state index in [1.807, 2.05) is 0 Å². The molecule has 0 rings (SSSR count). The third kappa shape index (κ3) is 6.50. The Hall–Kier alpha value is 0.500. The van der Waals surface area contributed by atoms with E-state index in [2.05, 4.69) is 11.6 Å². The first-order chi connectivity index (χ1) is 3.06. The van der Waals surface area contributed by atoms with Crippen molar-refractivity contribution in [3.63, 3.8) is 0 Å². The minimum atomic E-state index is -3.06. The highest BCUT2D eigenvalue weighted by Crippen LogP contribution is 2.32. The van der Waals surface area contributed by atoms with E-state index >= 15 is 0 Å². The van der Waals surface area contributed by atoms with Crippen molar-refractivity contribution in [3.05, 3.63) is 0 Å². The van der Waals surface area contributed by atoms with Crippen LogP contribution in [0.25, 0.3) is 0 Å². The quantitative estimate of drug-likeness (QED) is 0.540. The SMILES string of the molecule is CCSC(F)(F)Cl. The van der Waals surface area contributed by atoms with Gasteiger partial charge in [-0.2, -0.15) is 8.78 Å². The number of halogens is 3. The number of rotatable bonds is 2. The first kappa shape index (κ1) is 7.50. The molecule has 0 N–H and O–H groups in total. The van der Waals surface area contributed by atoms with Gasteiger partial charge in [-0.1, -0.05) is 18.7 Å². The number of hydrogen-bond donors (Lipinski definition) is 0. The summed E-state index contributed by atoms with van der Waals surface area (Å²) in [5, 5.41) is 0. The van der Waals surface area contributed by atoms with E-state index in [0.29, 0.717) is 17.5 Å². The zero-order chi connectivity index (χ0) is 5.91. The minimum Gasteiger partial charge on any atom is -0.177 e. The van der Waals surface area contributed by atoms with Gasteiger partial charge in [0.25, 0.3) is 0 Å². The van der Waals surface area contributed by atoms with Crippen LogP contribution in [0, 0.1) is 0 Å². The molecular formula is C3H5ClF2S. The van der Waals surface area contributed by atoms with Crippen molar-refractivity contribution in [1.82, 2.24) is 0 Å². The van der Waals surface area contributed by atoms with Crippen molar-refractivity contribution in [2.24, 2.45) is 0 Å². The molecule has 0 aromatic heterocycles. The standard InChI is InChI=1S/C3H5ClF2S/c1-2-7-3(4,5)6/h2H2,1H3. The number of hydrogen-bond acceptors (Lipinski definition) is 1. The molecule has 0 heterocycles. The third-order valence-electron chi connectivity index (χ3n) is 0.308. The molecule has 0 amide bonds. The van der Waals surface area contributed by atoms with Gasteiger partial charge >= 0.3 is 4.71 Å². The molecule has 0 saturated carbocycles. The summed E-state index contributed by atoms with van der Waals surface area (Å²) >= 11 is 4.88. The molecule has 4 heteroatoms. The van der Waals surface area contributed by atoms with Crippen LogP contribution in [0.15, 0.2) is 0 Å². The van der Waals surface area contributed by atoms with Crippen LogP contribution < -0.4 is 0 Å². The van der Waals surface area contributed by atoms with Crippen molar-refractivity contribution in [2.75, 3.05) is 5.75 Å². The van der Waals surface area contributed by atoms with Gasteiger partial charge in [0.2, 0.25) is 0 Å². The molecule has 0 fully saturated rings. The molecule has 0 aliphatic rings. The molecule has 0 unspecified atom stereocenters. The first-order valence-corrected chi connectivity index (χ1v) is 3.13. The van der Waals surface area contributed by atoms with Crippen LogP contribution in [0.3, 0.4) is 0 Å². The molecule has 0 spiro atoms. The second-order valence-electron chi connectivity index (χ2n) is 0.879. The Balaban J connectivity index is 3.15. The molecule has 44 valence electrons. The van der Waals surface area contributed by atoms with Gasteiger partial charge in [0.1, 0.15) is 0 Å². The second-order valence-corrected chi connectivity index (χ2v) is 2.96. The Kier molecular flexibility index (Phi) is 2.92. The maximum absolute atomic E-state index is 11.5. The van der Waals surface area contributed by atoms with Crippen LogP contribution >= 0.6 is 23.4 Å². The fraction of sp³-hybridized carbons (Fsp3) is 1.00. The van der Waals surface area contributed by atoms with Crippen LogP contribution in [0.5, 0.6) is 0 Å². The lowest BCUT2D eigenvalue weighted by Gasteiger charge is -2.01. The summed E-state index contributed by atoms with van der Waals surface area (Å²) in [6.07, 6.45) is 0. The van der Waals surface area contributed by atoms with Gasteiger partial charge in [0, 0.05) is 0 Å². The van der Waals surface area contributed by atoms with E-state index in [9.17, 15) is 8.78 Å². The maximum Gasteiger partial charge on any atom is 0.371 e. The third-order valence-corrected chi connectivity index (χ3v) is 1.25. The predicted molar refractivity (Wildman–Crippen MR) is 28.9 cm³/mol. The van der Waals surface area contributed by atoms with E-state index in [1.54, 1.807) is 6.92 Å². The van der Waals surface area contributed by atoms with E-state index < -0.39 is 4.71 Å². The summed E-state index contributed by atoms with van der Waals surface area (Å²) in [5.41, 5.74) is 0. The smallest absolute Gasteiger partial charge is 0.177 e. The predicted octanol–water partition coefficient (Wildman–Crippen LogP) is 2.53. The van der Waals surface area contributed by atoms with Crippen molar-refractivity contribution in [3.8, 4) is 0 Å². The zero-order valence-corrected chi connectivity index (χ0v) is 5.32. The molecule has 0 atom stereocenters. The largest absolute Gasteiger partial charge is 0.371 e. The lowest BCUT2D eigenvalue weighted by atomic mass is 11.0. The summed E-state index contributed by atoms with van der Waals surface area (Å²) in [6, 6.07) is 0. The lowest BCUT2D eigenvalue weighted by Crippen LogP contribution is -1.96. The average Bonchev–Trinajstić information content (AvgIpc) is 1.30. The van der Waals surface area contributed by atoms with Gasteiger partial charge in [0.15, 0.2) is 0 Å². The summed E-state index contributed by atoms with van der Waals surface area (Å²) in [6.45, 7) is 1.63. The van der Waals surface area contributed by atoms with Crippen LogP contribution in [0.4, 0.5) is 8.78 Å². The normalized spacial score (nSPS) is 12.0. The van der Waals surface area contributed by atoms with E-state index in [1.165, 1.54) is 0 Å². The fourth-order valence-corrected chi connectivity index (χ4v) is 0.818. The monoisotopic (exact) mass is 146 g/mol. The van der Waals surface area contributed by atoms with E-state index in [-0.39, 0.29) is 0 Å². The Morgan fingerprint density at radius 2 is 2.14 bits per heavy atom. The minimum absolute atomic E-state index is 0.344. The molecule has 0 aliphatic carbocycles. The molecule has 0 radical (unpaired) electrons. The Bertz CT molecular complexity index is 51.4. The summed E-state index contributed by atoms with van der Waals surface area (Å²) in [5.74, 6) is 0.344. The molecule has 0 aromatic rings. The van der Waals surface area contributed by atoms with E-state index in [0.717, 1.165) is 0 Å². The van der Waals surface area contributed by atoms with Gasteiger partial charge in [-0.25, -0.2) is 0 Å². The molecule has 0 aromatic carbocycles. The van der Waals surface area contributed by atoms with Gasteiger partial charge in [-0.15, -0.1) is 0 Å². The topological polar surface area (TPSA) is 0 Å². The highest BCUT2D eigenvalue weighted by molar-refractivity contribution is 8.01. The zero-order valence-electron chi connectivity index (χ0n) is 3.75.